The smallest absolute Gasteiger partial charge is 0.328 e. The van der Waals surface area contributed by atoms with Gasteiger partial charge in [-0.3, -0.25) is 0 Å². The number of halogens is 2. The topological polar surface area (TPSA) is 76.2 Å². The molecule has 0 spiro atoms. The van der Waals surface area contributed by atoms with Crippen molar-refractivity contribution in [1.82, 2.24) is 10.2 Å². The van der Waals surface area contributed by atoms with Crippen LogP contribution in [0.4, 0.5) is 0 Å². The second-order valence-electron chi connectivity index (χ2n) is 3.28. The minimum Gasteiger partial charge on any atom is -0.478 e. The van der Waals surface area contributed by atoms with Crippen molar-refractivity contribution in [3.8, 4) is 11.5 Å². The highest BCUT2D eigenvalue weighted by Crippen LogP contribution is 2.26. The van der Waals surface area contributed by atoms with Gasteiger partial charge in [-0.25, -0.2) is 4.79 Å². The van der Waals surface area contributed by atoms with Gasteiger partial charge in [-0.2, -0.15) is 0 Å². The molecule has 1 N–H and O–H groups in total. The second kappa shape index (κ2) is 5.32. The summed E-state index contributed by atoms with van der Waals surface area (Å²) >= 11 is 9.20. The number of nitrogens with zero attached hydrogens (tertiary/aromatic N) is 2. The summed E-state index contributed by atoms with van der Waals surface area (Å²) in [6.45, 7) is 0. The summed E-state index contributed by atoms with van der Waals surface area (Å²) in [6.07, 6.45) is 2.14. The van der Waals surface area contributed by atoms with Crippen molar-refractivity contribution in [3.05, 3.63) is 39.7 Å². The van der Waals surface area contributed by atoms with Crippen LogP contribution in [0, 0.1) is 0 Å². The van der Waals surface area contributed by atoms with Crippen LogP contribution in [0.15, 0.2) is 33.2 Å². The van der Waals surface area contributed by atoms with Gasteiger partial charge < -0.3 is 9.52 Å². The Morgan fingerprint density at radius 3 is 2.83 bits per heavy atom. The first-order chi connectivity index (χ1) is 8.54. The number of carboxylic acids is 1. The molecule has 0 aliphatic carbocycles. The monoisotopic (exact) mass is 328 g/mol. The molecule has 5 nitrogen and oxygen atoms in total. The van der Waals surface area contributed by atoms with Gasteiger partial charge in [-0.05, 0) is 18.2 Å². The van der Waals surface area contributed by atoms with Crippen LogP contribution in [-0.4, -0.2) is 21.3 Å². The van der Waals surface area contributed by atoms with Gasteiger partial charge in [0.15, 0.2) is 0 Å². The fraction of sp³-hybridized carbons (Fsp3) is 0. The third-order valence-electron chi connectivity index (χ3n) is 1.92. The molecule has 7 heteroatoms. The van der Waals surface area contributed by atoms with Gasteiger partial charge in [0.2, 0.25) is 11.8 Å². The lowest BCUT2D eigenvalue weighted by Crippen LogP contribution is -1.85. The molecule has 0 saturated heterocycles. The highest BCUT2D eigenvalue weighted by molar-refractivity contribution is 9.10. The van der Waals surface area contributed by atoms with E-state index in [2.05, 4.69) is 26.1 Å². The zero-order valence-electron chi connectivity index (χ0n) is 8.80. The maximum absolute atomic E-state index is 10.3. The Balaban J connectivity index is 2.32. The molecule has 2 aromatic rings. The van der Waals surface area contributed by atoms with Crippen LogP contribution in [0.2, 0.25) is 5.02 Å². The van der Waals surface area contributed by atoms with Crippen molar-refractivity contribution >= 4 is 39.6 Å². The average Bonchev–Trinajstić information content (AvgIpc) is 2.73. The van der Waals surface area contributed by atoms with Crippen LogP contribution in [0.25, 0.3) is 17.5 Å². The van der Waals surface area contributed by atoms with Gasteiger partial charge in [0.1, 0.15) is 0 Å². The third-order valence-corrected chi connectivity index (χ3v) is 2.59. The van der Waals surface area contributed by atoms with Crippen LogP contribution < -0.4 is 0 Å². The first-order valence-corrected chi connectivity index (χ1v) is 5.92. The Morgan fingerprint density at radius 2 is 2.17 bits per heavy atom. The van der Waals surface area contributed by atoms with E-state index in [1.807, 2.05) is 0 Å². The molecule has 0 unspecified atom stereocenters. The SMILES string of the molecule is O=C(O)/C=C/c1nnc(-c2cc(Cl)cc(Br)c2)o1. The van der Waals surface area contributed by atoms with E-state index < -0.39 is 5.97 Å². The summed E-state index contributed by atoms with van der Waals surface area (Å²) in [5.74, 6) is -0.702. The summed E-state index contributed by atoms with van der Waals surface area (Å²) < 4.78 is 6.06. The lowest BCUT2D eigenvalue weighted by Gasteiger charge is -1.97. The predicted molar refractivity (Wildman–Crippen MR) is 69.1 cm³/mol. The molecule has 1 heterocycles. The molecule has 0 aliphatic heterocycles. The van der Waals surface area contributed by atoms with E-state index in [4.69, 9.17) is 21.1 Å². The number of hydrogen-bond acceptors (Lipinski definition) is 4. The minimum atomic E-state index is -1.08. The lowest BCUT2D eigenvalue weighted by molar-refractivity contribution is -0.131. The molecule has 1 aromatic heterocycles. The fourth-order valence-electron chi connectivity index (χ4n) is 1.24. The fourth-order valence-corrected chi connectivity index (χ4v) is 2.10. The van der Waals surface area contributed by atoms with Crippen LogP contribution in [-0.2, 0) is 4.79 Å². The molecule has 1 aromatic carbocycles. The van der Waals surface area contributed by atoms with Gasteiger partial charge in [-0.15, -0.1) is 10.2 Å². The van der Waals surface area contributed by atoms with Crippen molar-refractivity contribution < 1.29 is 14.3 Å². The summed E-state index contributed by atoms with van der Waals surface area (Å²) in [4.78, 5) is 10.3. The standard InChI is InChI=1S/C11H6BrClN2O3/c12-7-3-6(4-8(13)5-7)11-15-14-9(18-11)1-2-10(16)17/h1-5H,(H,16,17)/b2-1+. The molecular weight excluding hydrogens is 323 g/mol. The second-order valence-corrected chi connectivity index (χ2v) is 4.63. The van der Waals surface area contributed by atoms with Crippen LogP contribution in [0.3, 0.4) is 0 Å². The number of aliphatic carboxylic acids is 1. The molecule has 0 radical (unpaired) electrons. The molecule has 0 saturated carbocycles. The summed E-state index contributed by atoms with van der Waals surface area (Å²) in [5.41, 5.74) is 0.650. The molecule has 2 rings (SSSR count). The van der Waals surface area contributed by atoms with E-state index in [-0.39, 0.29) is 11.8 Å². The van der Waals surface area contributed by atoms with Gasteiger partial charge in [0, 0.05) is 27.2 Å². The van der Waals surface area contributed by atoms with Crippen molar-refractivity contribution in [1.29, 1.82) is 0 Å². The van der Waals surface area contributed by atoms with E-state index in [1.165, 1.54) is 6.08 Å². The Bertz CT molecular complexity index is 604. The third kappa shape index (κ3) is 3.18. The van der Waals surface area contributed by atoms with Gasteiger partial charge in [0.05, 0.1) is 0 Å². The van der Waals surface area contributed by atoms with Crippen molar-refractivity contribution in [3.63, 3.8) is 0 Å². The van der Waals surface area contributed by atoms with Crippen LogP contribution in [0.1, 0.15) is 5.89 Å². The number of carbonyl (C=O) groups is 1. The summed E-state index contributed by atoms with van der Waals surface area (Å²) in [7, 11) is 0. The number of benzene rings is 1. The average molecular weight is 330 g/mol. The van der Waals surface area contributed by atoms with Gasteiger partial charge in [-0.1, -0.05) is 27.5 Å². The molecule has 0 bridgehead atoms. The van der Waals surface area contributed by atoms with E-state index in [9.17, 15) is 4.79 Å². The lowest BCUT2D eigenvalue weighted by atomic mass is 10.2. The van der Waals surface area contributed by atoms with Crippen molar-refractivity contribution in [2.45, 2.75) is 0 Å². The van der Waals surface area contributed by atoms with Gasteiger partial charge in [0.25, 0.3) is 0 Å². The number of hydrogen-bond donors (Lipinski definition) is 1. The molecule has 0 amide bonds. The zero-order valence-corrected chi connectivity index (χ0v) is 11.1. The molecule has 18 heavy (non-hydrogen) atoms. The number of aromatic nitrogens is 2. The Labute approximate surface area is 115 Å². The normalized spacial score (nSPS) is 11.0. The van der Waals surface area contributed by atoms with Crippen LogP contribution >= 0.6 is 27.5 Å². The first-order valence-electron chi connectivity index (χ1n) is 4.75. The van der Waals surface area contributed by atoms with E-state index in [0.717, 1.165) is 10.5 Å². The van der Waals surface area contributed by atoms with E-state index >= 15 is 0 Å². The predicted octanol–water partition coefficient (Wildman–Crippen LogP) is 3.25. The maximum Gasteiger partial charge on any atom is 0.328 e. The van der Waals surface area contributed by atoms with Crippen molar-refractivity contribution in [2.24, 2.45) is 0 Å². The quantitative estimate of drug-likeness (QED) is 0.875. The molecule has 0 fully saturated rings. The Hall–Kier alpha value is -1.66. The largest absolute Gasteiger partial charge is 0.478 e. The highest BCUT2D eigenvalue weighted by atomic mass is 79.9. The first kappa shape index (κ1) is 12.8. The number of rotatable bonds is 3. The molecular formula is C11H6BrClN2O3. The minimum absolute atomic E-state index is 0.114. The van der Waals surface area contributed by atoms with E-state index in [1.54, 1.807) is 18.2 Å². The summed E-state index contributed by atoms with van der Waals surface area (Å²) in [6, 6.07) is 5.17. The van der Waals surface area contributed by atoms with Gasteiger partial charge >= 0.3 is 5.97 Å². The van der Waals surface area contributed by atoms with Crippen LogP contribution in [0.5, 0.6) is 0 Å². The summed E-state index contributed by atoms with van der Waals surface area (Å²) in [5, 5.41) is 16.5. The number of carboxylic acid groups (broad SMARTS) is 1. The molecule has 0 atom stereocenters. The Morgan fingerprint density at radius 1 is 1.39 bits per heavy atom. The molecule has 0 aliphatic rings. The zero-order chi connectivity index (χ0) is 13.1. The Kier molecular flexibility index (Phi) is 3.78. The van der Waals surface area contributed by atoms with Crippen molar-refractivity contribution in [2.75, 3.05) is 0 Å². The maximum atomic E-state index is 10.3. The van der Waals surface area contributed by atoms with E-state index in [0.29, 0.717) is 10.6 Å². The molecule has 92 valence electrons. The highest BCUT2D eigenvalue weighted by Gasteiger charge is 2.08.